The number of hydrogen-bond donors (Lipinski definition) is 0. The van der Waals surface area contributed by atoms with Gasteiger partial charge in [0.2, 0.25) is 0 Å². The van der Waals surface area contributed by atoms with Gasteiger partial charge in [-0.3, -0.25) is 4.79 Å². The van der Waals surface area contributed by atoms with E-state index in [1.54, 1.807) is 0 Å². The number of allylic oxidation sites excluding steroid dienone is 5. The Balaban J connectivity index is 4.17. The van der Waals surface area contributed by atoms with Crippen LogP contribution in [0.1, 0.15) is 27.2 Å². The van der Waals surface area contributed by atoms with E-state index < -0.39 is 0 Å². The van der Waals surface area contributed by atoms with Crippen molar-refractivity contribution in [3.8, 4) is 0 Å². The zero-order chi connectivity index (χ0) is 9.56. The molecule has 0 aliphatic rings. The van der Waals surface area contributed by atoms with Crippen LogP contribution in [0.5, 0.6) is 0 Å². The number of carbonyl (C=O) groups excluding carboxylic acids is 1. The number of aldehydes is 1. The molecule has 0 aromatic rings. The Hall–Kier alpha value is -1.11. The van der Waals surface area contributed by atoms with E-state index in [4.69, 9.17) is 0 Å². The fourth-order valence-corrected chi connectivity index (χ4v) is 0.757. The fourth-order valence-electron chi connectivity index (χ4n) is 0.757. The maximum absolute atomic E-state index is 10.5. The van der Waals surface area contributed by atoms with Crippen LogP contribution in [0.4, 0.5) is 0 Å². The van der Waals surface area contributed by atoms with Gasteiger partial charge >= 0.3 is 0 Å². The van der Waals surface area contributed by atoms with Gasteiger partial charge in [0.05, 0.1) is 0 Å². The lowest BCUT2D eigenvalue weighted by molar-refractivity contribution is -0.105. The molecule has 66 valence electrons. The molecule has 0 amide bonds. The van der Waals surface area contributed by atoms with E-state index in [0.717, 1.165) is 23.0 Å². The third kappa shape index (κ3) is 4.67. The van der Waals surface area contributed by atoms with Crippen molar-refractivity contribution in [3.63, 3.8) is 0 Å². The molecule has 0 saturated heterocycles. The van der Waals surface area contributed by atoms with E-state index in [1.165, 1.54) is 0 Å². The van der Waals surface area contributed by atoms with Crippen LogP contribution < -0.4 is 0 Å². The Morgan fingerprint density at radius 2 is 1.92 bits per heavy atom. The van der Waals surface area contributed by atoms with Gasteiger partial charge in [0.15, 0.2) is 0 Å². The van der Waals surface area contributed by atoms with Crippen LogP contribution in [0, 0.1) is 0 Å². The predicted octanol–water partition coefficient (Wildman–Crippen LogP) is 3.04. The summed E-state index contributed by atoms with van der Waals surface area (Å²) in [7, 11) is 0. The summed E-state index contributed by atoms with van der Waals surface area (Å²) in [6.45, 7) is 9.55. The van der Waals surface area contributed by atoms with Gasteiger partial charge in [0, 0.05) is 0 Å². The predicted molar refractivity (Wildman–Crippen MR) is 53.0 cm³/mol. The van der Waals surface area contributed by atoms with Crippen LogP contribution in [0.3, 0.4) is 0 Å². The summed E-state index contributed by atoms with van der Waals surface area (Å²) < 4.78 is 0. The van der Waals surface area contributed by atoms with Gasteiger partial charge in [-0.05, 0) is 32.8 Å². The zero-order valence-electron chi connectivity index (χ0n) is 8.05. The summed E-state index contributed by atoms with van der Waals surface area (Å²) in [5.74, 6) is 0. The summed E-state index contributed by atoms with van der Waals surface area (Å²) >= 11 is 0. The summed E-state index contributed by atoms with van der Waals surface area (Å²) in [4.78, 5) is 10.5. The summed E-state index contributed by atoms with van der Waals surface area (Å²) in [6, 6.07) is 0. The highest BCUT2D eigenvalue weighted by atomic mass is 16.1. The summed E-state index contributed by atoms with van der Waals surface area (Å²) in [6.07, 6.45) is 5.50. The number of rotatable bonds is 4. The molecule has 0 N–H and O–H groups in total. The van der Waals surface area contributed by atoms with Crippen molar-refractivity contribution in [2.24, 2.45) is 0 Å². The zero-order valence-corrected chi connectivity index (χ0v) is 8.05. The topological polar surface area (TPSA) is 17.1 Å². The highest BCUT2D eigenvalue weighted by Crippen LogP contribution is 2.06. The third-order valence-electron chi connectivity index (χ3n) is 1.52. The van der Waals surface area contributed by atoms with Gasteiger partial charge in [-0.1, -0.05) is 29.9 Å². The first-order valence-corrected chi connectivity index (χ1v) is 4.01. The van der Waals surface area contributed by atoms with Crippen molar-refractivity contribution >= 4 is 6.29 Å². The molecule has 1 nitrogen and oxygen atoms in total. The molecule has 0 heterocycles. The first-order valence-electron chi connectivity index (χ1n) is 4.01. The quantitative estimate of drug-likeness (QED) is 0.354. The van der Waals surface area contributed by atoms with Gasteiger partial charge < -0.3 is 0 Å². The molecule has 0 aromatic heterocycles. The Morgan fingerprint density at radius 3 is 2.25 bits per heavy atom. The minimum Gasteiger partial charge on any atom is -0.298 e. The summed E-state index contributed by atoms with van der Waals surface area (Å²) in [5.41, 5.74) is 2.94. The minimum atomic E-state index is 0.707. The third-order valence-corrected chi connectivity index (χ3v) is 1.52. The second-order valence-electron chi connectivity index (χ2n) is 3.10. The molecule has 0 aliphatic carbocycles. The van der Waals surface area contributed by atoms with Crippen molar-refractivity contribution in [1.29, 1.82) is 0 Å². The highest BCUT2D eigenvalue weighted by Gasteiger charge is 1.93. The Kier molecular flexibility index (Phi) is 5.02. The van der Waals surface area contributed by atoms with Gasteiger partial charge in [0.25, 0.3) is 0 Å². The van der Waals surface area contributed by atoms with Crippen LogP contribution in [-0.2, 0) is 4.79 Å². The first-order chi connectivity index (χ1) is 5.57. The highest BCUT2D eigenvalue weighted by molar-refractivity contribution is 5.74. The molecule has 0 saturated carbocycles. The maximum atomic E-state index is 10.5. The SMILES string of the molecule is C=C(C)/C=C/CC(C=O)=C(C)C. The molecule has 0 unspecified atom stereocenters. The van der Waals surface area contributed by atoms with E-state index in [1.807, 2.05) is 32.9 Å². The molecular formula is C11H16O. The second kappa shape index (κ2) is 5.53. The molecule has 12 heavy (non-hydrogen) atoms. The smallest absolute Gasteiger partial charge is 0.146 e. The van der Waals surface area contributed by atoms with Crippen molar-refractivity contribution in [2.75, 3.05) is 0 Å². The van der Waals surface area contributed by atoms with Crippen LogP contribution in [0.2, 0.25) is 0 Å². The van der Waals surface area contributed by atoms with Gasteiger partial charge in [-0.2, -0.15) is 0 Å². The Labute approximate surface area is 74.5 Å². The largest absolute Gasteiger partial charge is 0.298 e. The van der Waals surface area contributed by atoms with Gasteiger partial charge in [-0.25, -0.2) is 0 Å². The van der Waals surface area contributed by atoms with Crippen LogP contribution in [0.15, 0.2) is 35.5 Å². The van der Waals surface area contributed by atoms with E-state index in [2.05, 4.69) is 6.58 Å². The molecule has 0 aromatic carbocycles. The lowest BCUT2D eigenvalue weighted by Crippen LogP contribution is -1.85. The number of carbonyl (C=O) groups is 1. The molecule has 0 bridgehead atoms. The lowest BCUT2D eigenvalue weighted by Gasteiger charge is -1.96. The lowest BCUT2D eigenvalue weighted by atomic mass is 10.1. The first kappa shape index (κ1) is 10.9. The Bertz CT molecular complexity index is 227. The molecule has 1 heteroatoms. The van der Waals surface area contributed by atoms with Crippen LogP contribution in [0.25, 0.3) is 0 Å². The van der Waals surface area contributed by atoms with E-state index in [0.29, 0.717) is 6.42 Å². The van der Waals surface area contributed by atoms with Crippen molar-refractivity contribution in [1.82, 2.24) is 0 Å². The van der Waals surface area contributed by atoms with E-state index in [-0.39, 0.29) is 0 Å². The van der Waals surface area contributed by atoms with E-state index >= 15 is 0 Å². The molecule has 0 rings (SSSR count). The monoisotopic (exact) mass is 164 g/mol. The second-order valence-corrected chi connectivity index (χ2v) is 3.10. The molecule has 0 aliphatic heterocycles. The van der Waals surface area contributed by atoms with Crippen LogP contribution >= 0.6 is 0 Å². The number of hydrogen-bond acceptors (Lipinski definition) is 1. The maximum Gasteiger partial charge on any atom is 0.146 e. The fraction of sp³-hybridized carbons (Fsp3) is 0.364. The average Bonchev–Trinajstić information content (AvgIpc) is 1.96. The molecule has 0 fully saturated rings. The summed E-state index contributed by atoms with van der Waals surface area (Å²) in [5, 5.41) is 0. The van der Waals surface area contributed by atoms with Gasteiger partial charge in [-0.15, -0.1) is 0 Å². The minimum absolute atomic E-state index is 0.707. The normalized spacial score (nSPS) is 9.92. The van der Waals surface area contributed by atoms with Crippen molar-refractivity contribution in [2.45, 2.75) is 27.2 Å². The molecular weight excluding hydrogens is 148 g/mol. The van der Waals surface area contributed by atoms with Crippen molar-refractivity contribution in [3.05, 3.63) is 35.5 Å². The average molecular weight is 164 g/mol. The standard InChI is InChI=1S/C11H16O/c1-9(2)6-5-7-11(8-12)10(3)4/h5-6,8H,1,7H2,2-4H3/b6-5+. The van der Waals surface area contributed by atoms with Gasteiger partial charge in [0.1, 0.15) is 6.29 Å². The molecule has 0 radical (unpaired) electrons. The van der Waals surface area contributed by atoms with E-state index in [9.17, 15) is 4.79 Å². The van der Waals surface area contributed by atoms with Crippen LogP contribution in [-0.4, -0.2) is 6.29 Å². The Morgan fingerprint density at radius 1 is 1.33 bits per heavy atom. The molecule has 0 spiro atoms. The van der Waals surface area contributed by atoms with Crippen molar-refractivity contribution < 1.29 is 4.79 Å². The molecule has 0 atom stereocenters.